The summed E-state index contributed by atoms with van der Waals surface area (Å²) in [6.07, 6.45) is 0. The monoisotopic (exact) mass is 339 g/mol. The van der Waals surface area contributed by atoms with E-state index in [0.29, 0.717) is 16.5 Å². The van der Waals surface area contributed by atoms with Crippen molar-refractivity contribution < 1.29 is 9.21 Å². The van der Waals surface area contributed by atoms with Crippen molar-refractivity contribution in [1.82, 2.24) is 0 Å². The van der Waals surface area contributed by atoms with Crippen molar-refractivity contribution in [2.75, 3.05) is 5.32 Å². The van der Waals surface area contributed by atoms with Gasteiger partial charge in [-0.25, -0.2) is 0 Å². The van der Waals surface area contributed by atoms with Crippen LogP contribution in [0.1, 0.15) is 27.2 Å². The van der Waals surface area contributed by atoms with Gasteiger partial charge < -0.3 is 9.73 Å². The van der Waals surface area contributed by atoms with E-state index >= 15 is 0 Å². The highest BCUT2D eigenvalue weighted by molar-refractivity contribution is 6.31. The highest BCUT2D eigenvalue weighted by Crippen LogP contribution is 2.26. The molecule has 4 heteroatoms. The van der Waals surface area contributed by atoms with E-state index in [2.05, 4.69) is 25.2 Å². The van der Waals surface area contributed by atoms with Gasteiger partial charge in [-0.15, -0.1) is 0 Å². The fraction of sp³-hybridized carbons (Fsp3) is 0.150. The van der Waals surface area contributed by atoms with Crippen LogP contribution < -0.4 is 5.32 Å². The molecule has 3 aromatic rings. The fourth-order valence-corrected chi connectivity index (χ4v) is 2.61. The number of amides is 1. The number of anilines is 1. The smallest absolute Gasteiger partial charge is 0.291 e. The van der Waals surface area contributed by atoms with E-state index in [1.165, 1.54) is 11.1 Å². The average molecular weight is 340 g/mol. The summed E-state index contributed by atoms with van der Waals surface area (Å²) >= 11 is 6.08. The van der Waals surface area contributed by atoms with Crippen molar-refractivity contribution in [3.8, 4) is 11.3 Å². The van der Waals surface area contributed by atoms with Gasteiger partial charge in [0, 0.05) is 16.3 Å². The first-order valence-electron chi connectivity index (χ1n) is 7.69. The van der Waals surface area contributed by atoms with Crippen LogP contribution in [0.3, 0.4) is 0 Å². The molecular weight excluding hydrogens is 322 g/mol. The van der Waals surface area contributed by atoms with Crippen molar-refractivity contribution in [2.45, 2.75) is 20.8 Å². The predicted molar refractivity (Wildman–Crippen MR) is 97.8 cm³/mol. The van der Waals surface area contributed by atoms with Crippen LogP contribution in [-0.4, -0.2) is 5.91 Å². The number of hydrogen-bond acceptors (Lipinski definition) is 2. The molecular formula is C20H18ClNO2. The standard InChI is InChI=1S/C20H18ClNO2/c1-12-7-8-15(11-13(12)2)18-9-10-19(24-18)20(23)22-17-6-4-5-16(21)14(17)3/h4-11H,1-3H3,(H,22,23). The van der Waals surface area contributed by atoms with Crippen LogP contribution in [0, 0.1) is 20.8 Å². The third-order valence-corrected chi connectivity index (χ3v) is 4.55. The summed E-state index contributed by atoms with van der Waals surface area (Å²) in [5, 5.41) is 3.45. The maximum absolute atomic E-state index is 12.4. The summed E-state index contributed by atoms with van der Waals surface area (Å²) in [5.74, 6) is 0.643. The number of carbonyl (C=O) groups excluding carboxylic acids is 1. The van der Waals surface area contributed by atoms with Gasteiger partial charge in [0.15, 0.2) is 5.76 Å². The predicted octanol–water partition coefficient (Wildman–Crippen LogP) is 5.78. The molecule has 24 heavy (non-hydrogen) atoms. The average Bonchev–Trinajstić information content (AvgIpc) is 3.04. The summed E-state index contributed by atoms with van der Waals surface area (Å²) in [5.41, 5.74) is 4.87. The van der Waals surface area contributed by atoms with E-state index in [4.69, 9.17) is 16.0 Å². The SMILES string of the molecule is Cc1ccc(-c2ccc(C(=O)Nc3cccc(Cl)c3C)o2)cc1C. The highest BCUT2D eigenvalue weighted by Gasteiger charge is 2.14. The molecule has 0 radical (unpaired) electrons. The number of furan rings is 1. The lowest BCUT2D eigenvalue weighted by atomic mass is 10.1. The Morgan fingerprint density at radius 2 is 1.79 bits per heavy atom. The molecule has 0 bridgehead atoms. The Hall–Kier alpha value is -2.52. The molecule has 3 nitrogen and oxygen atoms in total. The van der Waals surface area contributed by atoms with Gasteiger partial charge in [-0.2, -0.15) is 0 Å². The van der Waals surface area contributed by atoms with Crippen LogP contribution in [0.5, 0.6) is 0 Å². The Morgan fingerprint density at radius 1 is 1.00 bits per heavy atom. The Bertz CT molecular complexity index is 912. The molecule has 0 unspecified atom stereocenters. The minimum Gasteiger partial charge on any atom is -0.451 e. The van der Waals surface area contributed by atoms with Gasteiger partial charge in [0.2, 0.25) is 0 Å². The molecule has 0 saturated heterocycles. The lowest BCUT2D eigenvalue weighted by Gasteiger charge is -2.08. The van der Waals surface area contributed by atoms with Crippen LogP contribution in [0.2, 0.25) is 5.02 Å². The van der Waals surface area contributed by atoms with E-state index in [9.17, 15) is 4.79 Å². The first-order valence-corrected chi connectivity index (χ1v) is 8.07. The van der Waals surface area contributed by atoms with E-state index in [1.54, 1.807) is 18.2 Å². The van der Waals surface area contributed by atoms with Crippen molar-refractivity contribution in [1.29, 1.82) is 0 Å². The zero-order valence-corrected chi connectivity index (χ0v) is 14.6. The van der Waals surface area contributed by atoms with Crippen LogP contribution >= 0.6 is 11.6 Å². The molecule has 1 heterocycles. The molecule has 0 aliphatic rings. The number of nitrogens with one attached hydrogen (secondary N) is 1. The first kappa shape index (κ1) is 16.3. The van der Waals surface area contributed by atoms with Gasteiger partial charge in [-0.05, 0) is 67.8 Å². The molecule has 0 atom stereocenters. The second-order valence-corrected chi connectivity index (χ2v) is 6.24. The van der Waals surface area contributed by atoms with Gasteiger partial charge in [0.1, 0.15) is 5.76 Å². The minimum absolute atomic E-state index is 0.266. The minimum atomic E-state index is -0.296. The molecule has 1 N–H and O–H groups in total. The molecule has 3 rings (SSSR count). The third-order valence-electron chi connectivity index (χ3n) is 4.14. The van der Waals surface area contributed by atoms with Crippen LogP contribution in [-0.2, 0) is 0 Å². The van der Waals surface area contributed by atoms with Crippen molar-refractivity contribution in [3.05, 3.63) is 76.0 Å². The number of rotatable bonds is 3. The third kappa shape index (κ3) is 3.22. The molecule has 0 spiro atoms. The lowest BCUT2D eigenvalue weighted by Crippen LogP contribution is -2.11. The van der Waals surface area contributed by atoms with E-state index < -0.39 is 0 Å². The van der Waals surface area contributed by atoms with Gasteiger partial charge in [0.25, 0.3) is 5.91 Å². The van der Waals surface area contributed by atoms with Crippen LogP contribution in [0.25, 0.3) is 11.3 Å². The maximum Gasteiger partial charge on any atom is 0.291 e. The molecule has 2 aromatic carbocycles. The molecule has 0 saturated carbocycles. The van der Waals surface area contributed by atoms with Crippen molar-refractivity contribution in [2.24, 2.45) is 0 Å². The fourth-order valence-electron chi connectivity index (χ4n) is 2.44. The highest BCUT2D eigenvalue weighted by atomic mass is 35.5. The summed E-state index contributed by atoms with van der Waals surface area (Å²) in [6, 6.07) is 15.0. The number of benzene rings is 2. The van der Waals surface area contributed by atoms with E-state index in [1.807, 2.05) is 31.2 Å². The molecule has 1 aromatic heterocycles. The quantitative estimate of drug-likeness (QED) is 0.657. The number of aryl methyl sites for hydroxylation is 2. The molecule has 1 amide bonds. The second kappa shape index (κ2) is 6.54. The largest absolute Gasteiger partial charge is 0.451 e. The zero-order chi connectivity index (χ0) is 17.3. The Morgan fingerprint density at radius 3 is 2.54 bits per heavy atom. The zero-order valence-electron chi connectivity index (χ0n) is 13.8. The maximum atomic E-state index is 12.4. The van der Waals surface area contributed by atoms with E-state index in [-0.39, 0.29) is 11.7 Å². The van der Waals surface area contributed by atoms with Gasteiger partial charge in [-0.1, -0.05) is 29.8 Å². The van der Waals surface area contributed by atoms with Gasteiger partial charge in [0.05, 0.1) is 0 Å². The summed E-state index contributed by atoms with van der Waals surface area (Å²) in [4.78, 5) is 12.4. The first-order chi connectivity index (χ1) is 11.5. The topological polar surface area (TPSA) is 42.2 Å². The van der Waals surface area contributed by atoms with Gasteiger partial charge in [-0.3, -0.25) is 4.79 Å². The second-order valence-electron chi connectivity index (χ2n) is 5.83. The van der Waals surface area contributed by atoms with Crippen LogP contribution in [0.15, 0.2) is 52.9 Å². The number of halogens is 1. The Labute approximate surface area is 146 Å². The molecule has 0 fully saturated rings. The molecule has 122 valence electrons. The summed E-state index contributed by atoms with van der Waals surface area (Å²) in [6.45, 7) is 5.98. The lowest BCUT2D eigenvalue weighted by molar-refractivity contribution is 0.0997. The molecule has 0 aliphatic heterocycles. The summed E-state index contributed by atoms with van der Waals surface area (Å²) < 4.78 is 5.72. The molecule has 0 aliphatic carbocycles. The summed E-state index contributed by atoms with van der Waals surface area (Å²) in [7, 11) is 0. The van der Waals surface area contributed by atoms with Crippen molar-refractivity contribution in [3.63, 3.8) is 0 Å². The van der Waals surface area contributed by atoms with Gasteiger partial charge >= 0.3 is 0 Å². The normalized spacial score (nSPS) is 10.7. The van der Waals surface area contributed by atoms with E-state index in [0.717, 1.165) is 11.1 Å². The van der Waals surface area contributed by atoms with Crippen molar-refractivity contribution >= 4 is 23.2 Å². The number of hydrogen-bond donors (Lipinski definition) is 1. The van der Waals surface area contributed by atoms with Crippen LogP contribution in [0.4, 0.5) is 5.69 Å². The Balaban J connectivity index is 1.83. The Kier molecular flexibility index (Phi) is 4.45. The number of carbonyl (C=O) groups is 1.